The minimum Gasteiger partial charge on any atom is -0.330 e. The molecule has 1 heterocycles. The largest absolute Gasteiger partial charge is 0.330 e. The third-order valence-electron chi connectivity index (χ3n) is 4.82. The van der Waals surface area contributed by atoms with Crippen molar-refractivity contribution < 1.29 is 0 Å². The van der Waals surface area contributed by atoms with Gasteiger partial charge in [0.2, 0.25) is 0 Å². The fourth-order valence-corrected chi connectivity index (χ4v) is 3.18. The molecule has 0 aliphatic heterocycles. The van der Waals surface area contributed by atoms with Gasteiger partial charge in [-0.05, 0) is 44.2 Å². The fourth-order valence-electron chi connectivity index (χ4n) is 3.18. The smallest absolute Gasteiger partial charge is 0.0709 e. The Labute approximate surface area is 128 Å². The van der Waals surface area contributed by atoms with Crippen LogP contribution in [0.1, 0.15) is 52.1 Å². The van der Waals surface area contributed by atoms with Crippen molar-refractivity contribution >= 4 is 10.9 Å². The predicted molar refractivity (Wildman–Crippen MR) is 90.4 cm³/mol. The number of unbranched alkanes of at least 4 members (excludes halogenated alkanes) is 1. The van der Waals surface area contributed by atoms with Crippen molar-refractivity contribution in [2.75, 3.05) is 6.54 Å². The number of fused-ring (bicyclic) bond motifs is 1. The number of benzene rings is 1. The number of para-hydroxylation sites is 1. The van der Waals surface area contributed by atoms with Crippen LogP contribution >= 0.6 is 0 Å². The SMILES string of the molecule is CCCCC(CC)(CN)Cc1nn(CC)c2ccccc12. The molecule has 1 atom stereocenters. The summed E-state index contributed by atoms with van der Waals surface area (Å²) in [7, 11) is 0. The van der Waals surface area contributed by atoms with Gasteiger partial charge in [0.25, 0.3) is 0 Å². The van der Waals surface area contributed by atoms with E-state index >= 15 is 0 Å². The molecule has 3 heteroatoms. The van der Waals surface area contributed by atoms with E-state index in [0.717, 1.165) is 25.9 Å². The summed E-state index contributed by atoms with van der Waals surface area (Å²) in [5, 5.41) is 6.15. The van der Waals surface area contributed by atoms with E-state index in [2.05, 4.69) is 49.7 Å². The molecular formula is C18H29N3. The first kappa shape index (κ1) is 16.0. The first-order valence-electron chi connectivity index (χ1n) is 8.34. The average molecular weight is 287 g/mol. The highest BCUT2D eigenvalue weighted by Gasteiger charge is 2.28. The molecule has 1 aromatic heterocycles. The van der Waals surface area contributed by atoms with Crippen molar-refractivity contribution in [3.05, 3.63) is 30.0 Å². The van der Waals surface area contributed by atoms with Gasteiger partial charge in [-0.15, -0.1) is 0 Å². The molecule has 3 nitrogen and oxygen atoms in total. The number of nitrogens with two attached hydrogens (primary N) is 1. The lowest BCUT2D eigenvalue weighted by molar-refractivity contribution is 0.249. The van der Waals surface area contributed by atoms with Gasteiger partial charge in [-0.2, -0.15) is 5.10 Å². The molecule has 116 valence electrons. The number of aryl methyl sites for hydroxylation is 1. The lowest BCUT2D eigenvalue weighted by atomic mass is 9.76. The summed E-state index contributed by atoms with van der Waals surface area (Å²) in [6.45, 7) is 8.32. The Bertz CT molecular complexity index is 567. The van der Waals surface area contributed by atoms with Crippen LogP contribution in [0.3, 0.4) is 0 Å². The van der Waals surface area contributed by atoms with Crippen molar-refractivity contribution in [3.8, 4) is 0 Å². The molecule has 21 heavy (non-hydrogen) atoms. The second kappa shape index (κ2) is 7.08. The highest BCUT2D eigenvalue weighted by molar-refractivity contribution is 5.82. The van der Waals surface area contributed by atoms with E-state index < -0.39 is 0 Å². The van der Waals surface area contributed by atoms with Crippen molar-refractivity contribution in [1.29, 1.82) is 0 Å². The zero-order chi connectivity index (χ0) is 15.3. The van der Waals surface area contributed by atoms with Crippen molar-refractivity contribution in [1.82, 2.24) is 9.78 Å². The van der Waals surface area contributed by atoms with Gasteiger partial charge in [-0.1, -0.05) is 44.9 Å². The minimum absolute atomic E-state index is 0.200. The summed E-state index contributed by atoms with van der Waals surface area (Å²) < 4.78 is 2.11. The van der Waals surface area contributed by atoms with Crippen LogP contribution in [0.2, 0.25) is 0 Å². The average Bonchev–Trinajstić information content (AvgIpc) is 2.89. The maximum atomic E-state index is 6.16. The molecule has 0 aliphatic carbocycles. The molecule has 0 saturated heterocycles. The van der Waals surface area contributed by atoms with Crippen LogP contribution in [0.15, 0.2) is 24.3 Å². The first-order chi connectivity index (χ1) is 10.2. The monoisotopic (exact) mass is 287 g/mol. The standard InChI is InChI=1S/C18H29N3/c1-4-7-12-18(5-2,14-19)13-16-15-10-8-9-11-17(15)21(6-3)20-16/h8-11H,4-7,12-14,19H2,1-3H3. The van der Waals surface area contributed by atoms with E-state index in [4.69, 9.17) is 10.8 Å². The zero-order valence-corrected chi connectivity index (χ0v) is 13.7. The molecule has 0 fully saturated rings. The Balaban J connectivity index is 2.36. The Kier molecular flexibility index (Phi) is 5.40. The van der Waals surface area contributed by atoms with E-state index in [0.29, 0.717) is 0 Å². The normalized spacial score (nSPS) is 14.5. The Morgan fingerprint density at radius 1 is 1.19 bits per heavy atom. The van der Waals surface area contributed by atoms with Gasteiger partial charge in [-0.25, -0.2) is 0 Å². The second-order valence-corrected chi connectivity index (χ2v) is 6.12. The molecule has 0 bridgehead atoms. The summed E-state index contributed by atoms with van der Waals surface area (Å²) in [6.07, 6.45) is 5.79. The van der Waals surface area contributed by atoms with E-state index in [1.807, 2.05) is 0 Å². The second-order valence-electron chi connectivity index (χ2n) is 6.12. The Hall–Kier alpha value is -1.35. The molecule has 0 saturated carbocycles. The summed E-state index contributed by atoms with van der Waals surface area (Å²) in [5.41, 5.74) is 8.82. The molecule has 1 aromatic carbocycles. The van der Waals surface area contributed by atoms with Crippen LogP contribution in [0.25, 0.3) is 10.9 Å². The van der Waals surface area contributed by atoms with Gasteiger partial charge >= 0.3 is 0 Å². The summed E-state index contributed by atoms with van der Waals surface area (Å²) in [6, 6.07) is 8.56. The number of rotatable bonds is 8. The molecule has 2 rings (SSSR count). The van der Waals surface area contributed by atoms with E-state index in [1.54, 1.807) is 0 Å². The molecule has 2 N–H and O–H groups in total. The topological polar surface area (TPSA) is 43.8 Å². The van der Waals surface area contributed by atoms with Gasteiger partial charge in [-0.3, -0.25) is 4.68 Å². The van der Waals surface area contributed by atoms with E-state index in [1.165, 1.54) is 35.9 Å². The Morgan fingerprint density at radius 3 is 2.57 bits per heavy atom. The molecule has 0 aliphatic rings. The lowest BCUT2D eigenvalue weighted by Crippen LogP contribution is -2.32. The van der Waals surface area contributed by atoms with Gasteiger partial charge in [0.15, 0.2) is 0 Å². The van der Waals surface area contributed by atoms with Crippen molar-refractivity contribution in [3.63, 3.8) is 0 Å². The number of nitrogens with zero attached hydrogens (tertiary/aromatic N) is 2. The van der Waals surface area contributed by atoms with Crippen LogP contribution in [0.5, 0.6) is 0 Å². The molecule has 0 radical (unpaired) electrons. The third-order valence-corrected chi connectivity index (χ3v) is 4.82. The lowest BCUT2D eigenvalue weighted by Gasteiger charge is -2.31. The van der Waals surface area contributed by atoms with Crippen LogP contribution in [-0.2, 0) is 13.0 Å². The highest BCUT2D eigenvalue weighted by atomic mass is 15.3. The van der Waals surface area contributed by atoms with Crippen molar-refractivity contribution in [2.24, 2.45) is 11.1 Å². The molecule has 1 unspecified atom stereocenters. The van der Waals surface area contributed by atoms with Gasteiger partial charge in [0.05, 0.1) is 11.2 Å². The number of hydrogen-bond acceptors (Lipinski definition) is 2. The number of aromatic nitrogens is 2. The predicted octanol–water partition coefficient (Wildman–Crippen LogP) is 4.14. The van der Waals surface area contributed by atoms with E-state index in [9.17, 15) is 0 Å². The first-order valence-corrected chi connectivity index (χ1v) is 8.34. The van der Waals surface area contributed by atoms with Gasteiger partial charge < -0.3 is 5.73 Å². The maximum Gasteiger partial charge on any atom is 0.0709 e. The molecule has 0 amide bonds. The van der Waals surface area contributed by atoms with E-state index in [-0.39, 0.29) is 5.41 Å². The highest BCUT2D eigenvalue weighted by Crippen LogP contribution is 2.34. The fraction of sp³-hybridized carbons (Fsp3) is 0.611. The van der Waals surface area contributed by atoms with Crippen LogP contribution in [-0.4, -0.2) is 16.3 Å². The molecule has 0 spiro atoms. The van der Waals surface area contributed by atoms with Crippen LogP contribution in [0, 0.1) is 5.41 Å². The zero-order valence-electron chi connectivity index (χ0n) is 13.7. The van der Waals surface area contributed by atoms with Crippen LogP contribution in [0.4, 0.5) is 0 Å². The van der Waals surface area contributed by atoms with Crippen LogP contribution < -0.4 is 5.73 Å². The van der Waals surface area contributed by atoms with Gasteiger partial charge in [0.1, 0.15) is 0 Å². The molecular weight excluding hydrogens is 258 g/mol. The summed E-state index contributed by atoms with van der Waals surface area (Å²) >= 11 is 0. The van der Waals surface area contributed by atoms with Gasteiger partial charge in [0, 0.05) is 11.9 Å². The minimum atomic E-state index is 0.200. The maximum absolute atomic E-state index is 6.16. The molecule has 2 aromatic rings. The third kappa shape index (κ3) is 3.29. The number of hydrogen-bond donors (Lipinski definition) is 1. The Morgan fingerprint density at radius 2 is 1.95 bits per heavy atom. The van der Waals surface area contributed by atoms with Crippen molar-refractivity contribution in [2.45, 2.75) is 59.4 Å². The summed E-state index contributed by atoms with van der Waals surface area (Å²) in [5.74, 6) is 0. The summed E-state index contributed by atoms with van der Waals surface area (Å²) in [4.78, 5) is 0. The quantitative estimate of drug-likeness (QED) is 0.793.